The van der Waals surface area contributed by atoms with E-state index in [1.165, 1.54) is 9.87 Å². The van der Waals surface area contributed by atoms with E-state index < -0.39 is 10.0 Å². The lowest BCUT2D eigenvalue weighted by Crippen LogP contribution is -2.31. The molecule has 0 atom stereocenters. The van der Waals surface area contributed by atoms with Crippen LogP contribution < -0.4 is 0 Å². The van der Waals surface area contributed by atoms with Crippen molar-refractivity contribution in [2.45, 2.75) is 31.1 Å². The van der Waals surface area contributed by atoms with Crippen LogP contribution in [-0.4, -0.2) is 25.8 Å². The fraction of sp³-hybridized carbons (Fsp3) is 0.462. The highest BCUT2D eigenvalue weighted by molar-refractivity contribution is 7.89. The summed E-state index contributed by atoms with van der Waals surface area (Å²) in [6.45, 7) is 1.95. The SMILES string of the molecule is CCN(CC#N)S(=O)(=O)c1ccc2c(c1)CCC2. The van der Waals surface area contributed by atoms with E-state index in [1.54, 1.807) is 19.1 Å². The van der Waals surface area contributed by atoms with Gasteiger partial charge >= 0.3 is 0 Å². The minimum absolute atomic E-state index is 0.101. The topological polar surface area (TPSA) is 61.2 Å². The van der Waals surface area contributed by atoms with Crippen molar-refractivity contribution in [3.63, 3.8) is 0 Å². The molecule has 0 saturated carbocycles. The minimum Gasteiger partial charge on any atom is -0.207 e. The van der Waals surface area contributed by atoms with Gasteiger partial charge < -0.3 is 0 Å². The van der Waals surface area contributed by atoms with Gasteiger partial charge in [0.15, 0.2) is 0 Å². The Morgan fingerprint density at radius 1 is 1.33 bits per heavy atom. The first-order valence-electron chi connectivity index (χ1n) is 6.08. The average molecular weight is 264 g/mol. The molecule has 18 heavy (non-hydrogen) atoms. The number of nitrogens with zero attached hydrogens (tertiary/aromatic N) is 2. The molecule has 0 spiro atoms. The fourth-order valence-corrected chi connectivity index (χ4v) is 3.70. The Hall–Kier alpha value is -1.38. The third kappa shape index (κ3) is 2.26. The van der Waals surface area contributed by atoms with E-state index in [0.717, 1.165) is 24.8 Å². The van der Waals surface area contributed by atoms with Crippen LogP contribution in [0.5, 0.6) is 0 Å². The van der Waals surface area contributed by atoms with Crippen LogP contribution in [0.4, 0.5) is 0 Å². The lowest BCUT2D eigenvalue weighted by Gasteiger charge is -2.17. The van der Waals surface area contributed by atoms with Gasteiger partial charge in [-0.05, 0) is 42.5 Å². The number of nitriles is 1. The summed E-state index contributed by atoms with van der Waals surface area (Å²) < 4.78 is 25.9. The maximum absolute atomic E-state index is 12.3. The van der Waals surface area contributed by atoms with E-state index >= 15 is 0 Å². The minimum atomic E-state index is -3.52. The first-order valence-corrected chi connectivity index (χ1v) is 7.52. The van der Waals surface area contributed by atoms with E-state index in [9.17, 15) is 8.42 Å². The van der Waals surface area contributed by atoms with Crippen molar-refractivity contribution >= 4 is 10.0 Å². The third-order valence-electron chi connectivity index (χ3n) is 3.31. The van der Waals surface area contributed by atoms with Gasteiger partial charge in [-0.1, -0.05) is 13.0 Å². The Morgan fingerprint density at radius 3 is 2.72 bits per heavy atom. The van der Waals surface area contributed by atoms with E-state index in [4.69, 9.17) is 5.26 Å². The van der Waals surface area contributed by atoms with E-state index in [1.807, 2.05) is 12.1 Å². The van der Waals surface area contributed by atoms with Crippen LogP contribution in [0.3, 0.4) is 0 Å². The summed E-state index contributed by atoms with van der Waals surface area (Å²) in [7, 11) is -3.52. The third-order valence-corrected chi connectivity index (χ3v) is 5.22. The Labute approximate surface area is 108 Å². The molecule has 0 radical (unpaired) electrons. The van der Waals surface area contributed by atoms with Crippen LogP contribution >= 0.6 is 0 Å². The van der Waals surface area contributed by atoms with Crippen molar-refractivity contribution < 1.29 is 8.42 Å². The molecule has 5 heteroatoms. The quantitative estimate of drug-likeness (QED) is 0.778. The zero-order chi connectivity index (χ0) is 13.2. The van der Waals surface area contributed by atoms with Crippen LogP contribution in [0.15, 0.2) is 23.1 Å². The van der Waals surface area contributed by atoms with Gasteiger partial charge in [-0.15, -0.1) is 0 Å². The molecule has 0 heterocycles. The van der Waals surface area contributed by atoms with Gasteiger partial charge in [0.1, 0.15) is 6.54 Å². The van der Waals surface area contributed by atoms with Crippen LogP contribution in [0, 0.1) is 11.3 Å². The molecule has 0 saturated heterocycles. The number of fused-ring (bicyclic) bond motifs is 1. The highest BCUT2D eigenvalue weighted by atomic mass is 32.2. The first kappa shape index (κ1) is 13.1. The summed E-state index contributed by atoms with van der Waals surface area (Å²) in [5.41, 5.74) is 2.38. The summed E-state index contributed by atoms with van der Waals surface area (Å²) in [5.74, 6) is 0. The highest BCUT2D eigenvalue weighted by Gasteiger charge is 2.24. The summed E-state index contributed by atoms with van der Waals surface area (Å²) in [6.07, 6.45) is 3.07. The largest absolute Gasteiger partial charge is 0.244 e. The molecule has 2 rings (SSSR count). The molecule has 96 valence electrons. The zero-order valence-electron chi connectivity index (χ0n) is 10.4. The number of aryl methyl sites for hydroxylation is 2. The number of rotatable bonds is 4. The molecule has 4 nitrogen and oxygen atoms in total. The number of benzene rings is 1. The van der Waals surface area contributed by atoms with E-state index in [2.05, 4.69) is 0 Å². The monoisotopic (exact) mass is 264 g/mol. The molecule has 0 unspecified atom stereocenters. The van der Waals surface area contributed by atoms with Gasteiger partial charge in [0, 0.05) is 6.54 Å². The molecule has 0 aliphatic heterocycles. The lowest BCUT2D eigenvalue weighted by molar-refractivity contribution is 0.462. The van der Waals surface area contributed by atoms with Gasteiger partial charge in [-0.25, -0.2) is 8.42 Å². The molecule has 0 fully saturated rings. The second-order valence-corrected chi connectivity index (χ2v) is 6.31. The molecule has 1 aromatic carbocycles. The molecule has 0 aromatic heterocycles. The summed E-state index contributed by atoms with van der Waals surface area (Å²) >= 11 is 0. The van der Waals surface area contributed by atoms with E-state index in [0.29, 0.717) is 11.4 Å². The summed E-state index contributed by atoms with van der Waals surface area (Å²) in [6, 6.07) is 7.21. The average Bonchev–Trinajstić information content (AvgIpc) is 2.82. The maximum atomic E-state index is 12.3. The second-order valence-electron chi connectivity index (χ2n) is 4.37. The van der Waals surface area contributed by atoms with Crippen molar-refractivity contribution in [1.29, 1.82) is 5.26 Å². The Morgan fingerprint density at radius 2 is 2.06 bits per heavy atom. The fourth-order valence-electron chi connectivity index (χ4n) is 2.30. The van der Waals surface area contributed by atoms with Crippen molar-refractivity contribution in [1.82, 2.24) is 4.31 Å². The summed E-state index contributed by atoms with van der Waals surface area (Å²) in [5, 5.41) is 8.68. The van der Waals surface area contributed by atoms with Crippen LogP contribution in [0.25, 0.3) is 0 Å². The highest BCUT2D eigenvalue weighted by Crippen LogP contribution is 2.26. The standard InChI is InChI=1S/C13H16N2O2S/c1-2-15(9-8-14)18(16,17)13-7-6-11-4-3-5-12(11)10-13/h6-7,10H,2-5,9H2,1H3. The van der Waals surface area contributed by atoms with Gasteiger partial charge in [0.2, 0.25) is 10.0 Å². The Bertz CT molecular complexity index is 587. The van der Waals surface area contributed by atoms with Crippen molar-refractivity contribution in [3.05, 3.63) is 29.3 Å². The lowest BCUT2D eigenvalue weighted by atomic mass is 10.1. The molecular formula is C13H16N2O2S. The van der Waals surface area contributed by atoms with Crippen molar-refractivity contribution in [2.75, 3.05) is 13.1 Å². The smallest absolute Gasteiger partial charge is 0.207 e. The maximum Gasteiger partial charge on any atom is 0.244 e. The predicted octanol–water partition coefficient (Wildman–Crippen LogP) is 1.71. The normalized spacial score (nSPS) is 14.5. The van der Waals surface area contributed by atoms with Crippen molar-refractivity contribution in [2.24, 2.45) is 0 Å². The molecule has 1 aliphatic carbocycles. The number of sulfonamides is 1. The van der Waals surface area contributed by atoms with Crippen molar-refractivity contribution in [3.8, 4) is 6.07 Å². The Balaban J connectivity index is 2.38. The van der Waals surface area contributed by atoms with Gasteiger partial charge in [-0.3, -0.25) is 0 Å². The van der Waals surface area contributed by atoms with Gasteiger partial charge in [0.05, 0.1) is 11.0 Å². The van der Waals surface area contributed by atoms with Gasteiger partial charge in [-0.2, -0.15) is 9.57 Å². The predicted molar refractivity (Wildman–Crippen MR) is 68.5 cm³/mol. The molecule has 1 aromatic rings. The molecule has 0 N–H and O–H groups in total. The van der Waals surface area contributed by atoms with Crippen LogP contribution in [0.1, 0.15) is 24.5 Å². The number of hydrogen-bond donors (Lipinski definition) is 0. The Kier molecular flexibility index (Phi) is 3.69. The molecule has 0 bridgehead atoms. The summed E-state index contributed by atoms with van der Waals surface area (Å²) in [4.78, 5) is 0.306. The van der Waals surface area contributed by atoms with Gasteiger partial charge in [0.25, 0.3) is 0 Å². The molecule has 1 aliphatic rings. The first-order chi connectivity index (χ1) is 8.59. The van der Waals surface area contributed by atoms with Crippen LogP contribution in [-0.2, 0) is 22.9 Å². The van der Waals surface area contributed by atoms with E-state index in [-0.39, 0.29) is 6.54 Å². The van der Waals surface area contributed by atoms with Crippen LogP contribution in [0.2, 0.25) is 0 Å². The number of hydrogen-bond acceptors (Lipinski definition) is 3. The zero-order valence-corrected chi connectivity index (χ0v) is 11.2. The second kappa shape index (κ2) is 5.09. The molecule has 0 amide bonds. The molecular weight excluding hydrogens is 248 g/mol.